The fourth-order valence-electron chi connectivity index (χ4n) is 0.868. The van der Waals surface area contributed by atoms with Crippen LogP contribution in [-0.4, -0.2) is 10.2 Å². The van der Waals surface area contributed by atoms with Crippen LogP contribution in [0.25, 0.3) is 0 Å². The number of aromatic nitrogens is 1. The molecule has 1 aromatic rings. The molecule has 1 aromatic heterocycles. The highest BCUT2D eigenvalue weighted by atomic mass is 127. The van der Waals surface area contributed by atoms with Gasteiger partial charge in [-0.2, -0.15) is 4.39 Å². The number of carbonyl (C=O) groups excluding carboxylic acids is 1. The van der Waals surface area contributed by atoms with Crippen molar-refractivity contribution in [1.29, 1.82) is 0 Å². The van der Waals surface area contributed by atoms with E-state index in [1.54, 1.807) is 0 Å². The highest BCUT2D eigenvalue weighted by Crippen LogP contribution is 2.27. The van der Waals surface area contributed by atoms with Gasteiger partial charge in [0.15, 0.2) is 0 Å². The first-order chi connectivity index (χ1) is 6.43. The van der Waals surface area contributed by atoms with Crippen LogP contribution in [0.3, 0.4) is 0 Å². The SMILES string of the molecule is O=C(Cl)c1c(C(F)F)cc(F)nc1I. The molecule has 0 N–H and O–H groups in total. The molecule has 0 bridgehead atoms. The fraction of sp³-hybridized carbons (Fsp3) is 0.143. The Labute approximate surface area is 95.6 Å². The fourth-order valence-corrected chi connectivity index (χ4v) is 2.01. The number of nitrogens with zero attached hydrogens (tertiary/aromatic N) is 1. The molecule has 0 unspecified atom stereocenters. The van der Waals surface area contributed by atoms with Gasteiger partial charge in [0.25, 0.3) is 11.7 Å². The maximum Gasteiger partial charge on any atom is 0.264 e. The normalized spacial score (nSPS) is 10.7. The van der Waals surface area contributed by atoms with Crippen molar-refractivity contribution in [2.75, 3.05) is 0 Å². The highest BCUT2D eigenvalue weighted by Gasteiger charge is 2.22. The Morgan fingerprint density at radius 2 is 2.14 bits per heavy atom. The van der Waals surface area contributed by atoms with Crippen molar-refractivity contribution in [3.63, 3.8) is 0 Å². The zero-order valence-electron chi connectivity index (χ0n) is 6.40. The number of rotatable bonds is 2. The van der Waals surface area contributed by atoms with Gasteiger partial charge in [-0.3, -0.25) is 4.79 Å². The molecule has 0 saturated heterocycles. The number of hydrogen-bond acceptors (Lipinski definition) is 2. The Kier molecular flexibility index (Phi) is 3.71. The minimum atomic E-state index is -2.96. The summed E-state index contributed by atoms with van der Waals surface area (Å²) < 4.78 is 37.1. The van der Waals surface area contributed by atoms with Crippen LogP contribution in [0.4, 0.5) is 13.2 Å². The monoisotopic (exact) mass is 335 g/mol. The Morgan fingerprint density at radius 1 is 1.57 bits per heavy atom. The zero-order chi connectivity index (χ0) is 10.9. The quantitative estimate of drug-likeness (QED) is 0.472. The smallest absolute Gasteiger partial charge is 0.264 e. The molecule has 0 atom stereocenters. The van der Waals surface area contributed by atoms with Gasteiger partial charge in [0, 0.05) is 11.6 Å². The summed E-state index contributed by atoms with van der Waals surface area (Å²) in [6.07, 6.45) is -2.96. The molecule has 1 rings (SSSR count). The van der Waals surface area contributed by atoms with Crippen LogP contribution in [0.15, 0.2) is 6.07 Å². The molecule has 7 heteroatoms. The molecule has 1 heterocycles. The highest BCUT2D eigenvalue weighted by molar-refractivity contribution is 14.1. The first-order valence-corrected chi connectivity index (χ1v) is 4.73. The Morgan fingerprint density at radius 3 is 2.57 bits per heavy atom. The van der Waals surface area contributed by atoms with Crippen LogP contribution in [0.5, 0.6) is 0 Å². The number of alkyl halides is 2. The van der Waals surface area contributed by atoms with E-state index >= 15 is 0 Å². The topological polar surface area (TPSA) is 30.0 Å². The summed E-state index contributed by atoms with van der Waals surface area (Å²) in [5.41, 5.74) is -1.18. The number of hydrogen-bond donors (Lipinski definition) is 0. The largest absolute Gasteiger partial charge is 0.275 e. The van der Waals surface area contributed by atoms with E-state index in [1.807, 2.05) is 0 Å². The third-order valence-electron chi connectivity index (χ3n) is 1.41. The van der Waals surface area contributed by atoms with Crippen molar-refractivity contribution in [3.8, 4) is 0 Å². The molecular weight excluding hydrogens is 333 g/mol. The lowest BCUT2D eigenvalue weighted by Crippen LogP contribution is -2.05. The first-order valence-electron chi connectivity index (χ1n) is 3.27. The van der Waals surface area contributed by atoms with E-state index in [-0.39, 0.29) is 3.70 Å². The van der Waals surface area contributed by atoms with Crippen LogP contribution >= 0.6 is 34.2 Å². The van der Waals surface area contributed by atoms with Crippen molar-refractivity contribution >= 4 is 39.4 Å². The van der Waals surface area contributed by atoms with E-state index in [1.165, 1.54) is 22.6 Å². The number of halogens is 5. The van der Waals surface area contributed by atoms with Gasteiger partial charge in [0.1, 0.15) is 3.70 Å². The average Bonchev–Trinajstić information content (AvgIpc) is 2.01. The molecule has 14 heavy (non-hydrogen) atoms. The molecule has 2 nitrogen and oxygen atoms in total. The van der Waals surface area contributed by atoms with Gasteiger partial charge in [-0.05, 0) is 34.2 Å². The minimum Gasteiger partial charge on any atom is -0.275 e. The van der Waals surface area contributed by atoms with Crippen molar-refractivity contribution in [2.45, 2.75) is 6.43 Å². The predicted octanol–water partition coefficient (Wildman–Crippen LogP) is 3.14. The summed E-state index contributed by atoms with van der Waals surface area (Å²) in [6, 6.07) is 0.502. The Bertz CT molecular complexity index is 385. The molecule has 0 saturated carbocycles. The van der Waals surface area contributed by atoms with E-state index in [0.717, 1.165) is 0 Å². The third kappa shape index (κ3) is 2.35. The molecule has 0 aromatic carbocycles. The lowest BCUT2D eigenvalue weighted by molar-refractivity contribution is 0.106. The van der Waals surface area contributed by atoms with E-state index in [2.05, 4.69) is 4.98 Å². The minimum absolute atomic E-state index is 0.169. The second-order valence-corrected chi connectivity index (χ2v) is 3.64. The van der Waals surface area contributed by atoms with Gasteiger partial charge in [-0.1, -0.05) is 0 Å². The Hall–Kier alpha value is -0.370. The maximum atomic E-state index is 12.6. The summed E-state index contributed by atoms with van der Waals surface area (Å²) in [6.45, 7) is 0. The molecule has 76 valence electrons. The van der Waals surface area contributed by atoms with Crippen molar-refractivity contribution in [1.82, 2.24) is 4.98 Å². The third-order valence-corrected chi connectivity index (χ3v) is 2.38. The van der Waals surface area contributed by atoms with Crippen LogP contribution < -0.4 is 0 Å². The number of pyridine rings is 1. The molecule has 0 aliphatic heterocycles. The van der Waals surface area contributed by atoms with E-state index in [4.69, 9.17) is 11.6 Å². The van der Waals surface area contributed by atoms with Crippen LogP contribution in [-0.2, 0) is 0 Å². The molecule has 0 fully saturated rings. The average molecular weight is 335 g/mol. The second-order valence-electron chi connectivity index (χ2n) is 2.27. The molecule has 0 aliphatic rings. The molecule has 0 amide bonds. The maximum absolute atomic E-state index is 12.6. The predicted molar refractivity (Wildman–Crippen MR) is 52.1 cm³/mol. The van der Waals surface area contributed by atoms with Gasteiger partial charge >= 0.3 is 0 Å². The van der Waals surface area contributed by atoms with Gasteiger partial charge in [-0.25, -0.2) is 13.8 Å². The second kappa shape index (κ2) is 4.43. The van der Waals surface area contributed by atoms with Gasteiger partial charge in [0.2, 0.25) is 5.95 Å². The number of carbonyl (C=O) groups is 1. The summed E-state index contributed by atoms with van der Waals surface area (Å²) in [5.74, 6) is -1.06. The van der Waals surface area contributed by atoms with Crippen molar-refractivity contribution < 1.29 is 18.0 Å². The summed E-state index contributed by atoms with van der Waals surface area (Å²) in [5, 5.41) is -1.07. The van der Waals surface area contributed by atoms with Crippen LogP contribution in [0.2, 0.25) is 0 Å². The summed E-state index contributed by atoms with van der Waals surface area (Å²) in [4.78, 5) is 14.0. The van der Waals surface area contributed by atoms with Gasteiger partial charge in [0.05, 0.1) is 5.56 Å². The van der Waals surface area contributed by atoms with E-state index in [9.17, 15) is 18.0 Å². The van der Waals surface area contributed by atoms with Crippen molar-refractivity contribution in [3.05, 3.63) is 26.8 Å². The van der Waals surface area contributed by atoms with Crippen LogP contribution in [0, 0.1) is 9.65 Å². The van der Waals surface area contributed by atoms with Gasteiger partial charge < -0.3 is 0 Å². The van der Waals surface area contributed by atoms with E-state index < -0.39 is 28.7 Å². The standard InChI is InChI=1S/C7H2ClF3INO/c8-5(14)4-2(6(10)11)1-3(9)13-7(4)12/h1,6H. The molecular formula is C7H2ClF3INO. The molecule has 0 spiro atoms. The molecule has 0 radical (unpaired) electrons. The lowest BCUT2D eigenvalue weighted by Gasteiger charge is -2.06. The summed E-state index contributed by atoms with van der Waals surface area (Å²) in [7, 11) is 0. The van der Waals surface area contributed by atoms with Crippen molar-refractivity contribution in [2.24, 2.45) is 0 Å². The van der Waals surface area contributed by atoms with E-state index in [0.29, 0.717) is 6.07 Å². The van der Waals surface area contributed by atoms with Crippen LogP contribution in [0.1, 0.15) is 22.3 Å². The first kappa shape index (κ1) is 11.7. The zero-order valence-corrected chi connectivity index (χ0v) is 9.31. The summed E-state index contributed by atoms with van der Waals surface area (Å²) >= 11 is 6.54. The lowest BCUT2D eigenvalue weighted by atomic mass is 10.1. The molecule has 0 aliphatic carbocycles. The van der Waals surface area contributed by atoms with Gasteiger partial charge in [-0.15, -0.1) is 0 Å². The Balaban J connectivity index is 3.44.